The maximum Gasteiger partial charge on any atom is 0.336 e. The molecule has 5 rings (SSSR count). The lowest BCUT2D eigenvalue weighted by Crippen LogP contribution is -2.06. The molecule has 2 aromatic heterocycles. The van der Waals surface area contributed by atoms with Crippen molar-refractivity contribution in [2.75, 3.05) is 0 Å². The molecule has 2 heterocycles. The van der Waals surface area contributed by atoms with Crippen LogP contribution < -0.4 is 10.4 Å². The third-order valence-electron chi connectivity index (χ3n) is 5.49. The number of ether oxygens (including phenoxy) is 2. The maximum atomic E-state index is 12.4. The molecule has 0 saturated carbocycles. The fourth-order valence-electron chi connectivity index (χ4n) is 3.81. The minimum Gasteiger partial charge on any atom is -0.487 e. The predicted molar refractivity (Wildman–Crippen MR) is 134 cm³/mol. The van der Waals surface area contributed by atoms with E-state index in [1.165, 1.54) is 12.1 Å². The highest BCUT2D eigenvalue weighted by Crippen LogP contribution is 2.27. The Morgan fingerprint density at radius 1 is 0.914 bits per heavy atom. The van der Waals surface area contributed by atoms with E-state index in [0.717, 1.165) is 27.4 Å². The summed E-state index contributed by atoms with van der Waals surface area (Å²) in [5, 5.41) is 2.70. The monoisotopic (exact) mass is 463 g/mol. The van der Waals surface area contributed by atoms with Gasteiger partial charge < -0.3 is 13.9 Å². The number of fused-ring (bicyclic) bond motifs is 3. The molecule has 3 aromatic carbocycles. The van der Waals surface area contributed by atoms with Crippen molar-refractivity contribution in [3.05, 3.63) is 124 Å². The van der Waals surface area contributed by atoms with Crippen LogP contribution in [0, 0.1) is 0 Å². The smallest absolute Gasteiger partial charge is 0.336 e. The lowest BCUT2D eigenvalue weighted by molar-refractivity contribution is -0.138. The predicted octanol–water partition coefficient (Wildman–Crippen LogP) is 5.68. The van der Waals surface area contributed by atoms with Crippen LogP contribution in [0.4, 0.5) is 0 Å². The summed E-state index contributed by atoms with van der Waals surface area (Å²) < 4.78 is 16.5. The van der Waals surface area contributed by atoms with Crippen molar-refractivity contribution in [2.24, 2.45) is 0 Å². The van der Waals surface area contributed by atoms with Crippen LogP contribution in [0.1, 0.15) is 16.8 Å². The second kappa shape index (κ2) is 10.1. The van der Waals surface area contributed by atoms with Gasteiger partial charge in [0.1, 0.15) is 24.5 Å². The van der Waals surface area contributed by atoms with Crippen molar-refractivity contribution in [3.63, 3.8) is 0 Å². The van der Waals surface area contributed by atoms with Crippen LogP contribution in [0.25, 0.3) is 27.8 Å². The third-order valence-corrected chi connectivity index (χ3v) is 5.49. The maximum absolute atomic E-state index is 12.4. The molecule has 0 bridgehead atoms. The number of carbonyl (C=O) groups is 1. The molecule has 0 saturated heterocycles. The molecule has 0 aliphatic rings. The molecule has 0 aliphatic carbocycles. The van der Waals surface area contributed by atoms with E-state index in [-0.39, 0.29) is 6.61 Å². The Kier molecular flexibility index (Phi) is 6.35. The molecule has 0 spiro atoms. The average Bonchev–Trinajstić information content (AvgIpc) is 2.90. The van der Waals surface area contributed by atoms with Crippen molar-refractivity contribution in [1.29, 1.82) is 0 Å². The molecule has 0 N–H and O–H groups in total. The second-order valence-corrected chi connectivity index (χ2v) is 7.87. The Labute approximate surface area is 201 Å². The highest BCUT2D eigenvalue weighted by molar-refractivity contribution is 6.07. The minimum absolute atomic E-state index is 0.0421. The first-order valence-corrected chi connectivity index (χ1v) is 11.1. The quantitative estimate of drug-likeness (QED) is 0.134. The first kappa shape index (κ1) is 22.1. The molecule has 172 valence electrons. The number of hydrogen-bond donors (Lipinski definition) is 0. The van der Waals surface area contributed by atoms with Gasteiger partial charge in [-0.15, -0.1) is 0 Å². The topological polar surface area (TPSA) is 78.6 Å². The van der Waals surface area contributed by atoms with E-state index in [9.17, 15) is 9.59 Å². The largest absolute Gasteiger partial charge is 0.487 e. The Morgan fingerprint density at radius 2 is 1.74 bits per heavy atom. The summed E-state index contributed by atoms with van der Waals surface area (Å²) in [5.74, 6) is 0.194. The van der Waals surface area contributed by atoms with Gasteiger partial charge in [-0.25, -0.2) is 9.59 Å². The Morgan fingerprint density at radius 3 is 2.57 bits per heavy atom. The van der Waals surface area contributed by atoms with Gasteiger partial charge in [0.25, 0.3) is 0 Å². The molecule has 0 unspecified atom stereocenters. The average molecular weight is 463 g/mol. The Bertz CT molecular complexity index is 1570. The summed E-state index contributed by atoms with van der Waals surface area (Å²) in [5.41, 5.74) is 2.24. The molecule has 0 atom stereocenters. The highest BCUT2D eigenvalue weighted by Gasteiger charge is 2.11. The van der Waals surface area contributed by atoms with Gasteiger partial charge in [-0.2, -0.15) is 0 Å². The summed E-state index contributed by atoms with van der Waals surface area (Å²) in [7, 11) is 0. The molecule has 5 aromatic rings. The molecule has 6 heteroatoms. The molecule has 0 aliphatic heterocycles. The first-order valence-electron chi connectivity index (χ1n) is 11.1. The third kappa shape index (κ3) is 5.28. The van der Waals surface area contributed by atoms with Crippen LogP contribution in [0.5, 0.6) is 5.75 Å². The Balaban J connectivity index is 1.24. The summed E-state index contributed by atoms with van der Waals surface area (Å²) in [6.45, 7) is 0.337. The summed E-state index contributed by atoms with van der Waals surface area (Å²) >= 11 is 0. The second-order valence-electron chi connectivity index (χ2n) is 7.87. The number of esters is 1. The van der Waals surface area contributed by atoms with Crippen molar-refractivity contribution in [1.82, 2.24) is 4.98 Å². The van der Waals surface area contributed by atoms with Gasteiger partial charge in [-0.05, 0) is 52.7 Å². The number of benzene rings is 3. The van der Waals surface area contributed by atoms with E-state index in [1.807, 2.05) is 72.8 Å². The molecule has 35 heavy (non-hydrogen) atoms. The van der Waals surface area contributed by atoms with E-state index >= 15 is 0 Å². The van der Waals surface area contributed by atoms with Gasteiger partial charge in [-0.3, -0.25) is 4.98 Å². The first-order chi connectivity index (χ1) is 17.2. The Hall–Kier alpha value is -4.71. The van der Waals surface area contributed by atoms with E-state index in [2.05, 4.69) is 4.98 Å². The zero-order chi connectivity index (χ0) is 24.0. The zero-order valence-corrected chi connectivity index (χ0v) is 18.7. The standard InChI is InChI=1S/C29H21NO5/c31-27(15-10-20-8-12-24(13-9-20)33-19-23-6-3-4-16-30-23)34-18-22-17-28(32)35-26-14-11-21-5-1-2-7-25(21)29(22)26/h1-17H,18-19H2. The SMILES string of the molecule is O=C(C=Cc1ccc(OCc2ccccn2)cc1)OCc1cc(=O)oc2ccc3ccccc3c12. The van der Waals surface area contributed by atoms with Gasteiger partial charge >= 0.3 is 11.6 Å². The van der Waals surface area contributed by atoms with Crippen molar-refractivity contribution < 1.29 is 18.7 Å². The number of rotatable bonds is 7. The van der Waals surface area contributed by atoms with Crippen LogP contribution in [-0.4, -0.2) is 11.0 Å². The lowest BCUT2D eigenvalue weighted by atomic mass is 10.0. The lowest BCUT2D eigenvalue weighted by Gasteiger charge is -2.09. The molecular weight excluding hydrogens is 442 g/mol. The van der Waals surface area contributed by atoms with Crippen molar-refractivity contribution in [3.8, 4) is 5.75 Å². The number of nitrogens with zero attached hydrogens (tertiary/aromatic N) is 1. The van der Waals surface area contributed by atoms with E-state index in [4.69, 9.17) is 13.9 Å². The van der Waals surface area contributed by atoms with E-state index < -0.39 is 11.6 Å². The van der Waals surface area contributed by atoms with Gasteiger partial charge in [0.15, 0.2) is 0 Å². The van der Waals surface area contributed by atoms with Gasteiger partial charge in [0, 0.05) is 29.3 Å². The van der Waals surface area contributed by atoms with E-state index in [0.29, 0.717) is 23.5 Å². The van der Waals surface area contributed by atoms with Crippen molar-refractivity contribution >= 4 is 33.8 Å². The van der Waals surface area contributed by atoms with E-state index in [1.54, 1.807) is 18.3 Å². The molecular formula is C29H21NO5. The molecule has 6 nitrogen and oxygen atoms in total. The zero-order valence-electron chi connectivity index (χ0n) is 18.7. The highest BCUT2D eigenvalue weighted by atomic mass is 16.5. The van der Waals surface area contributed by atoms with Crippen LogP contribution >= 0.6 is 0 Å². The fourth-order valence-corrected chi connectivity index (χ4v) is 3.81. The molecule has 0 radical (unpaired) electrons. The fraction of sp³-hybridized carbons (Fsp3) is 0.0690. The van der Waals surface area contributed by atoms with Crippen molar-refractivity contribution in [2.45, 2.75) is 13.2 Å². The van der Waals surface area contributed by atoms with Crippen LogP contribution in [0.2, 0.25) is 0 Å². The number of hydrogen-bond acceptors (Lipinski definition) is 6. The minimum atomic E-state index is -0.512. The van der Waals surface area contributed by atoms with Gasteiger partial charge in [0.2, 0.25) is 0 Å². The van der Waals surface area contributed by atoms with Crippen LogP contribution in [0.15, 0.2) is 106 Å². The summed E-state index contributed by atoms with van der Waals surface area (Å²) in [4.78, 5) is 28.6. The van der Waals surface area contributed by atoms with Crippen LogP contribution in [-0.2, 0) is 22.7 Å². The number of pyridine rings is 1. The summed E-state index contributed by atoms with van der Waals surface area (Å²) in [6.07, 6.45) is 4.75. The number of carbonyl (C=O) groups excluding carboxylic acids is 1. The molecule has 0 fully saturated rings. The van der Waals surface area contributed by atoms with Crippen LogP contribution in [0.3, 0.4) is 0 Å². The van der Waals surface area contributed by atoms with Gasteiger partial charge in [-0.1, -0.05) is 48.5 Å². The van der Waals surface area contributed by atoms with Gasteiger partial charge in [0.05, 0.1) is 5.69 Å². The molecule has 0 amide bonds. The summed E-state index contributed by atoms with van der Waals surface area (Å²) in [6, 6.07) is 25.8. The normalized spacial score (nSPS) is 11.2. The number of aromatic nitrogens is 1.